The summed E-state index contributed by atoms with van der Waals surface area (Å²) in [5, 5.41) is 0. The van der Waals surface area contributed by atoms with Crippen LogP contribution in [0.1, 0.15) is 11.1 Å². The molecule has 0 aliphatic heterocycles. The summed E-state index contributed by atoms with van der Waals surface area (Å²) in [5.41, 5.74) is 4.86. The van der Waals surface area contributed by atoms with Gasteiger partial charge in [0.25, 0.3) is 0 Å². The third-order valence-electron chi connectivity index (χ3n) is 3.25. The lowest BCUT2D eigenvalue weighted by Crippen LogP contribution is -2.16. The predicted molar refractivity (Wildman–Crippen MR) is 73.4 cm³/mol. The summed E-state index contributed by atoms with van der Waals surface area (Å²) in [7, 11) is 0. The Labute approximate surface area is 105 Å². The van der Waals surface area contributed by atoms with E-state index in [4.69, 9.17) is 0 Å². The summed E-state index contributed by atoms with van der Waals surface area (Å²) in [4.78, 5) is 15.0. The Morgan fingerprint density at radius 3 is 2.33 bits per heavy atom. The van der Waals surface area contributed by atoms with Crippen molar-refractivity contribution in [2.75, 3.05) is 0 Å². The largest absolute Gasteiger partial charge is 0.331 e. The monoisotopic (exact) mass is 238 g/mol. The van der Waals surface area contributed by atoms with E-state index in [1.54, 1.807) is 4.57 Å². The first-order valence-electron chi connectivity index (χ1n) is 5.95. The molecule has 1 heterocycles. The van der Waals surface area contributed by atoms with Crippen LogP contribution >= 0.6 is 0 Å². The van der Waals surface area contributed by atoms with Crippen molar-refractivity contribution in [3.8, 4) is 5.69 Å². The van der Waals surface area contributed by atoms with Crippen molar-refractivity contribution >= 4 is 11.0 Å². The first-order chi connectivity index (χ1) is 8.68. The van der Waals surface area contributed by atoms with Crippen molar-refractivity contribution in [3.05, 3.63) is 64.1 Å². The molecule has 3 nitrogen and oxygen atoms in total. The molecule has 0 saturated carbocycles. The SMILES string of the molecule is Cc1cccc(C)c1-n1c(=O)[nH]c2ccccc21. The van der Waals surface area contributed by atoms with Crippen LogP contribution in [-0.2, 0) is 0 Å². The van der Waals surface area contributed by atoms with Gasteiger partial charge in [-0.05, 0) is 37.1 Å². The molecule has 0 fully saturated rings. The number of fused-ring (bicyclic) bond motifs is 1. The Kier molecular flexibility index (Phi) is 2.33. The van der Waals surface area contributed by atoms with Gasteiger partial charge < -0.3 is 4.98 Å². The van der Waals surface area contributed by atoms with Gasteiger partial charge in [-0.2, -0.15) is 0 Å². The summed E-state index contributed by atoms with van der Waals surface area (Å²) in [6.07, 6.45) is 0. The van der Waals surface area contributed by atoms with Crippen LogP contribution in [0.5, 0.6) is 0 Å². The highest BCUT2D eigenvalue weighted by atomic mass is 16.1. The number of H-pyrrole nitrogens is 1. The molecule has 0 unspecified atom stereocenters. The normalized spacial score (nSPS) is 11.0. The van der Waals surface area contributed by atoms with E-state index in [0.717, 1.165) is 27.8 Å². The van der Waals surface area contributed by atoms with E-state index in [2.05, 4.69) is 4.98 Å². The van der Waals surface area contributed by atoms with Crippen LogP contribution in [0.4, 0.5) is 0 Å². The van der Waals surface area contributed by atoms with Gasteiger partial charge >= 0.3 is 5.69 Å². The van der Waals surface area contributed by atoms with E-state index in [1.807, 2.05) is 56.3 Å². The van der Waals surface area contributed by atoms with Gasteiger partial charge in [-0.3, -0.25) is 4.57 Å². The minimum Gasteiger partial charge on any atom is -0.305 e. The lowest BCUT2D eigenvalue weighted by atomic mass is 10.1. The fraction of sp³-hybridized carbons (Fsp3) is 0.133. The topological polar surface area (TPSA) is 37.8 Å². The first-order valence-corrected chi connectivity index (χ1v) is 5.95. The molecule has 0 bridgehead atoms. The third-order valence-corrected chi connectivity index (χ3v) is 3.25. The van der Waals surface area contributed by atoms with Gasteiger partial charge in [0.2, 0.25) is 0 Å². The average molecular weight is 238 g/mol. The quantitative estimate of drug-likeness (QED) is 0.695. The van der Waals surface area contributed by atoms with E-state index in [-0.39, 0.29) is 5.69 Å². The molecule has 0 amide bonds. The van der Waals surface area contributed by atoms with E-state index < -0.39 is 0 Å². The molecule has 3 rings (SSSR count). The second-order valence-electron chi connectivity index (χ2n) is 4.52. The Morgan fingerprint density at radius 2 is 1.61 bits per heavy atom. The lowest BCUT2D eigenvalue weighted by molar-refractivity contribution is 0.990. The standard InChI is InChI=1S/C15H14N2O/c1-10-6-5-7-11(2)14(10)17-13-9-4-3-8-12(13)16-15(17)18/h3-9H,1-2H3,(H,16,18). The number of aryl methyl sites for hydroxylation is 2. The maximum Gasteiger partial charge on any atom is 0.331 e. The smallest absolute Gasteiger partial charge is 0.305 e. The van der Waals surface area contributed by atoms with E-state index >= 15 is 0 Å². The van der Waals surface area contributed by atoms with Crippen molar-refractivity contribution < 1.29 is 0 Å². The van der Waals surface area contributed by atoms with Gasteiger partial charge in [-0.1, -0.05) is 30.3 Å². The van der Waals surface area contributed by atoms with Gasteiger partial charge in [0.05, 0.1) is 16.7 Å². The van der Waals surface area contributed by atoms with Crippen molar-refractivity contribution in [1.82, 2.24) is 9.55 Å². The first kappa shape index (κ1) is 10.8. The van der Waals surface area contributed by atoms with Gasteiger partial charge in [0, 0.05) is 0 Å². The summed E-state index contributed by atoms with van der Waals surface area (Å²) in [6, 6.07) is 13.8. The predicted octanol–water partition coefficient (Wildman–Crippen LogP) is 2.94. The Bertz CT molecular complexity index is 760. The fourth-order valence-electron chi connectivity index (χ4n) is 2.44. The zero-order valence-corrected chi connectivity index (χ0v) is 10.4. The zero-order valence-electron chi connectivity index (χ0n) is 10.4. The number of hydrogen-bond donors (Lipinski definition) is 1. The maximum atomic E-state index is 12.2. The number of aromatic nitrogens is 2. The van der Waals surface area contributed by atoms with E-state index in [9.17, 15) is 4.79 Å². The summed E-state index contributed by atoms with van der Waals surface area (Å²) >= 11 is 0. The second kappa shape index (κ2) is 3.88. The molecular formula is C15H14N2O. The highest BCUT2D eigenvalue weighted by Gasteiger charge is 2.11. The average Bonchev–Trinajstić information content (AvgIpc) is 2.66. The molecule has 3 aromatic rings. The molecule has 0 spiro atoms. The molecule has 0 aliphatic carbocycles. The van der Waals surface area contributed by atoms with Crippen LogP contribution in [-0.4, -0.2) is 9.55 Å². The zero-order chi connectivity index (χ0) is 12.7. The van der Waals surface area contributed by atoms with Gasteiger partial charge in [0.15, 0.2) is 0 Å². The third kappa shape index (κ3) is 1.48. The Balaban J connectivity index is 2.46. The summed E-state index contributed by atoms with van der Waals surface area (Å²) in [5.74, 6) is 0. The summed E-state index contributed by atoms with van der Waals surface area (Å²) in [6.45, 7) is 4.05. The molecule has 2 aromatic carbocycles. The minimum absolute atomic E-state index is 0.0893. The number of para-hydroxylation sites is 3. The number of aromatic amines is 1. The van der Waals surface area contributed by atoms with Crippen LogP contribution in [0.2, 0.25) is 0 Å². The highest BCUT2D eigenvalue weighted by Crippen LogP contribution is 2.21. The lowest BCUT2D eigenvalue weighted by Gasteiger charge is -2.10. The molecule has 1 aromatic heterocycles. The Morgan fingerprint density at radius 1 is 0.944 bits per heavy atom. The van der Waals surface area contributed by atoms with Crippen molar-refractivity contribution in [2.45, 2.75) is 13.8 Å². The molecule has 0 saturated heterocycles. The number of nitrogens with one attached hydrogen (secondary N) is 1. The fourth-order valence-corrected chi connectivity index (χ4v) is 2.44. The molecule has 3 heteroatoms. The highest BCUT2D eigenvalue weighted by molar-refractivity contribution is 5.77. The van der Waals surface area contributed by atoms with Gasteiger partial charge in [-0.25, -0.2) is 4.79 Å². The molecule has 0 aliphatic rings. The van der Waals surface area contributed by atoms with Crippen LogP contribution in [0.15, 0.2) is 47.3 Å². The van der Waals surface area contributed by atoms with Crippen LogP contribution in [0.3, 0.4) is 0 Å². The van der Waals surface area contributed by atoms with Crippen molar-refractivity contribution in [1.29, 1.82) is 0 Å². The maximum absolute atomic E-state index is 12.2. The van der Waals surface area contributed by atoms with Crippen LogP contribution in [0.25, 0.3) is 16.7 Å². The number of nitrogens with zero attached hydrogens (tertiary/aromatic N) is 1. The van der Waals surface area contributed by atoms with E-state index in [1.165, 1.54) is 0 Å². The van der Waals surface area contributed by atoms with Gasteiger partial charge in [0.1, 0.15) is 0 Å². The second-order valence-corrected chi connectivity index (χ2v) is 4.52. The van der Waals surface area contributed by atoms with Crippen molar-refractivity contribution in [2.24, 2.45) is 0 Å². The molecule has 0 atom stereocenters. The summed E-state index contributed by atoms with van der Waals surface area (Å²) < 4.78 is 1.75. The molecule has 0 radical (unpaired) electrons. The number of benzene rings is 2. The van der Waals surface area contributed by atoms with Gasteiger partial charge in [-0.15, -0.1) is 0 Å². The molecule has 18 heavy (non-hydrogen) atoms. The number of rotatable bonds is 1. The van der Waals surface area contributed by atoms with Crippen molar-refractivity contribution in [3.63, 3.8) is 0 Å². The minimum atomic E-state index is -0.0893. The van der Waals surface area contributed by atoms with Crippen LogP contribution in [0, 0.1) is 13.8 Å². The van der Waals surface area contributed by atoms with E-state index in [0.29, 0.717) is 0 Å². The molecule has 1 N–H and O–H groups in total. The number of hydrogen-bond acceptors (Lipinski definition) is 1. The molecule has 90 valence electrons. The van der Waals surface area contributed by atoms with Crippen LogP contribution < -0.4 is 5.69 Å². The number of imidazole rings is 1. The molecular weight excluding hydrogens is 224 g/mol. The Hall–Kier alpha value is -2.29.